The fourth-order valence-electron chi connectivity index (χ4n) is 4.38. The van der Waals surface area contributed by atoms with E-state index < -0.39 is 0 Å². The minimum Gasteiger partial charge on any atom is -0.315 e. The molecular formula is C15H22N4O. The van der Waals surface area contributed by atoms with Gasteiger partial charge in [-0.1, -0.05) is 19.3 Å². The molecule has 5 nitrogen and oxygen atoms in total. The highest BCUT2D eigenvalue weighted by Gasteiger charge is 2.48. The number of fused-ring (bicyclic) bond motifs is 1. The van der Waals surface area contributed by atoms with Gasteiger partial charge in [0, 0.05) is 25.7 Å². The first-order valence-electron chi connectivity index (χ1n) is 7.84. The second-order valence-electron chi connectivity index (χ2n) is 6.51. The summed E-state index contributed by atoms with van der Waals surface area (Å²) in [4.78, 5) is 15.0. The van der Waals surface area contributed by atoms with Crippen LogP contribution in [0.5, 0.6) is 0 Å². The molecule has 1 spiro atoms. The van der Waals surface area contributed by atoms with Crippen molar-refractivity contribution in [3.8, 4) is 0 Å². The summed E-state index contributed by atoms with van der Waals surface area (Å²) in [5.74, 6) is 1.45. The van der Waals surface area contributed by atoms with E-state index in [1.165, 1.54) is 32.1 Å². The zero-order chi connectivity index (χ0) is 13.6. The third-order valence-electron chi connectivity index (χ3n) is 5.48. The molecule has 3 heterocycles. The lowest BCUT2D eigenvalue weighted by Crippen LogP contribution is -2.44. The maximum absolute atomic E-state index is 13.0. The van der Waals surface area contributed by atoms with E-state index in [0.717, 1.165) is 32.0 Å². The van der Waals surface area contributed by atoms with E-state index >= 15 is 0 Å². The van der Waals surface area contributed by atoms with E-state index in [2.05, 4.69) is 10.4 Å². The Hall–Kier alpha value is -1.36. The predicted molar refractivity (Wildman–Crippen MR) is 76.5 cm³/mol. The van der Waals surface area contributed by atoms with E-state index in [1.54, 1.807) is 6.20 Å². The Labute approximate surface area is 119 Å². The van der Waals surface area contributed by atoms with Gasteiger partial charge in [0.1, 0.15) is 5.82 Å². The number of nitrogens with zero attached hydrogens (tertiary/aromatic N) is 3. The van der Waals surface area contributed by atoms with Crippen LogP contribution in [0.15, 0.2) is 12.3 Å². The molecular weight excluding hydrogens is 252 g/mol. The van der Waals surface area contributed by atoms with Crippen molar-refractivity contribution in [2.24, 2.45) is 11.3 Å². The minimum atomic E-state index is 0.157. The summed E-state index contributed by atoms with van der Waals surface area (Å²) < 4.78 is 1.94. The molecule has 1 saturated carbocycles. The van der Waals surface area contributed by atoms with Crippen LogP contribution in [0.1, 0.15) is 32.1 Å². The number of anilines is 1. The van der Waals surface area contributed by atoms with Crippen LogP contribution < -0.4 is 10.2 Å². The van der Waals surface area contributed by atoms with Gasteiger partial charge in [0.15, 0.2) is 0 Å². The van der Waals surface area contributed by atoms with Crippen molar-refractivity contribution in [1.82, 2.24) is 15.1 Å². The van der Waals surface area contributed by atoms with Gasteiger partial charge in [-0.15, -0.1) is 0 Å². The van der Waals surface area contributed by atoms with Crippen LogP contribution >= 0.6 is 0 Å². The highest BCUT2D eigenvalue weighted by molar-refractivity contribution is 5.95. The average Bonchev–Trinajstić information content (AvgIpc) is 3.14. The third-order valence-corrected chi connectivity index (χ3v) is 5.48. The number of amides is 1. The summed E-state index contributed by atoms with van der Waals surface area (Å²) in [6.45, 7) is 3.50. The summed E-state index contributed by atoms with van der Waals surface area (Å²) in [5, 5.41) is 7.75. The van der Waals surface area contributed by atoms with Crippen molar-refractivity contribution in [3.05, 3.63) is 12.3 Å². The Morgan fingerprint density at radius 2 is 2.15 bits per heavy atom. The zero-order valence-corrected chi connectivity index (χ0v) is 11.8. The summed E-state index contributed by atoms with van der Waals surface area (Å²) in [6, 6.07) is 1.96. The van der Waals surface area contributed by atoms with Crippen molar-refractivity contribution >= 4 is 11.7 Å². The number of hydrogen-bond acceptors (Lipinski definition) is 3. The van der Waals surface area contributed by atoms with Gasteiger partial charge in [-0.05, 0) is 18.3 Å². The van der Waals surface area contributed by atoms with Crippen molar-refractivity contribution in [2.45, 2.75) is 38.6 Å². The van der Waals surface area contributed by atoms with Gasteiger partial charge in [0.2, 0.25) is 5.91 Å². The van der Waals surface area contributed by atoms with Crippen LogP contribution in [-0.2, 0) is 11.3 Å². The SMILES string of the molecule is O=C(C1CNCC12CCCCC2)N1CCn2nccc21. The second-order valence-corrected chi connectivity index (χ2v) is 6.51. The van der Waals surface area contributed by atoms with Crippen molar-refractivity contribution in [1.29, 1.82) is 0 Å². The molecule has 1 aromatic heterocycles. The van der Waals surface area contributed by atoms with E-state index in [-0.39, 0.29) is 11.3 Å². The van der Waals surface area contributed by atoms with Crippen molar-refractivity contribution < 1.29 is 4.79 Å². The van der Waals surface area contributed by atoms with Crippen LogP contribution in [-0.4, -0.2) is 35.3 Å². The highest BCUT2D eigenvalue weighted by atomic mass is 16.2. The van der Waals surface area contributed by atoms with Crippen molar-refractivity contribution in [2.75, 3.05) is 24.5 Å². The topological polar surface area (TPSA) is 50.2 Å². The Bertz CT molecular complexity index is 518. The second kappa shape index (κ2) is 4.58. The average molecular weight is 274 g/mol. The predicted octanol–water partition coefficient (Wildman–Crippen LogP) is 1.40. The van der Waals surface area contributed by atoms with Gasteiger partial charge in [-0.2, -0.15) is 5.10 Å². The summed E-state index contributed by atoms with van der Waals surface area (Å²) in [6.07, 6.45) is 8.11. The van der Waals surface area contributed by atoms with E-state index in [0.29, 0.717) is 5.91 Å². The van der Waals surface area contributed by atoms with Gasteiger partial charge < -0.3 is 5.32 Å². The molecule has 0 aromatic carbocycles. The van der Waals surface area contributed by atoms with Gasteiger partial charge in [0.25, 0.3) is 0 Å². The molecule has 5 heteroatoms. The van der Waals surface area contributed by atoms with E-state index in [4.69, 9.17) is 0 Å². The maximum Gasteiger partial charge on any atom is 0.233 e. The fourth-order valence-corrected chi connectivity index (χ4v) is 4.38. The summed E-state index contributed by atoms with van der Waals surface area (Å²) in [5.41, 5.74) is 0.225. The minimum absolute atomic E-state index is 0.157. The monoisotopic (exact) mass is 274 g/mol. The van der Waals surface area contributed by atoms with Crippen LogP contribution in [0, 0.1) is 11.3 Å². The lowest BCUT2D eigenvalue weighted by atomic mass is 9.67. The Balaban J connectivity index is 1.59. The van der Waals surface area contributed by atoms with E-state index in [9.17, 15) is 4.79 Å². The van der Waals surface area contributed by atoms with Gasteiger partial charge >= 0.3 is 0 Å². The Morgan fingerprint density at radius 1 is 1.30 bits per heavy atom. The number of rotatable bonds is 1. The third kappa shape index (κ3) is 1.72. The number of carbonyl (C=O) groups is 1. The normalized spacial score (nSPS) is 28.0. The quantitative estimate of drug-likeness (QED) is 0.842. The summed E-state index contributed by atoms with van der Waals surface area (Å²) in [7, 11) is 0. The highest BCUT2D eigenvalue weighted by Crippen LogP contribution is 2.46. The number of carbonyl (C=O) groups excluding carboxylic acids is 1. The fraction of sp³-hybridized carbons (Fsp3) is 0.733. The number of aromatic nitrogens is 2. The van der Waals surface area contributed by atoms with Gasteiger partial charge in [-0.25, -0.2) is 4.68 Å². The Kier molecular flexibility index (Phi) is 2.84. The molecule has 1 atom stereocenters. The molecule has 1 aromatic rings. The van der Waals surface area contributed by atoms with Crippen LogP contribution in [0.4, 0.5) is 5.82 Å². The first-order valence-corrected chi connectivity index (χ1v) is 7.84. The molecule has 0 bridgehead atoms. The van der Waals surface area contributed by atoms with Crippen LogP contribution in [0.25, 0.3) is 0 Å². The smallest absolute Gasteiger partial charge is 0.233 e. The molecule has 3 aliphatic rings. The standard InChI is InChI=1S/C15H22N4O/c20-14(18-8-9-19-13(18)4-7-17-19)12-10-16-11-15(12)5-2-1-3-6-15/h4,7,12,16H,1-3,5-6,8-11H2. The molecule has 1 aliphatic carbocycles. The molecule has 1 amide bonds. The number of nitrogens with one attached hydrogen (secondary N) is 1. The molecule has 1 N–H and O–H groups in total. The van der Waals surface area contributed by atoms with Crippen LogP contribution in [0.2, 0.25) is 0 Å². The molecule has 1 unspecified atom stereocenters. The number of hydrogen-bond donors (Lipinski definition) is 1. The maximum atomic E-state index is 13.0. The zero-order valence-electron chi connectivity index (χ0n) is 11.8. The first-order chi connectivity index (χ1) is 9.80. The molecule has 4 rings (SSSR count). The van der Waals surface area contributed by atoms with Gasteiger partial charge in [0.05, 0.1) is 18.7 Å². The molecule has 108 valence electrons. The Morgan fingerprint density at radius 3 is 3.00 bits per heavy atom. The first kappa shape index (κ1) is 12.4. The van der Waals surface area contributed by atoms with Gasteiger partial charge in [-0.3, -0.25) is 9.69 Å². The largest absolute Gasteiger partial charge is 0.315 e. The molecule has 2 fully saturated rings. The summed E-state index contributed by atoms with van der Waals surface area (Å²) >= 11 is 0. The molecule has 20 heavy (non-hydrogen) atoms. The lowest BCUT2D eigenvalue weighted by Gasteiger charge is -2.38. The van der Waals surface area contributed by atoms with E-state index in [1.807, 2.05) is 15.6 Å². The van der Waals surface area contributed by atoms with Crippen molar-refractivity contribution in [3.63, 3.8) is 0 Å². The van der Waals surface area contributed by atoms with Crippen LogP contribution in [0.3, 0.4) is 0 Å². The lowest BCUT2D eigenvalue weighted by molar-refractivity contribution is -0.125. The molecule has 2 aliphatic heterocycles. The molecule has 0 radical (unpaired) electrons. The molecule has 1 saturated heterocycles.